The molecule has 1 saturated carbocycles. The van der Waals surface area contributed by atoms with E-state index in [9.17, 15) is 4.79 Å². The van der Waals surface area contributed by atoms with Gasteiger partial charge >= 0.3 is 0 Å². The number of nitrogens with one attached hydrogen (secondary N) is 1. The summed E-state index contributed by atoms with van der Waals surface area (Å²) in [6.45, 7) is 8.61. The summed E-state index contributed by atoms with van der Waals surface area (Å²) in [4.78, 5) is 21.7. The molecule has 5 nitrogen and oxygen atoms in total. The van der Waals surface area contributed by atoms with E-state index in [0.29, 0.717) is 17.9 Å². The molecular formula is C24H38N4O. The van der Waals surface area contributed by atoms with Gasteiger partial charge in [-0.25, -0.2) is 0 Å². The van der Waals surface area contributed by atoms with Gasteiger partial charge in [-0.15, -0.1) is 0 Å². The molecule has 5 heteroatoms. The molecule has 1 aromatic rings. The van der Waals surface area contributed by atoms with Crippen LogP contribution in [0.2, 0.25) is 0 Å². The Bertz CT molecular complexity index is 648. The van der Waals surface area contributed by atoms with E-state index >= 15 is 0 Å². The molecule has 1 aromatic heterocycles. The zero-order chi connectivity index (χ0) is 20.1. The van der Waals surface area contributed by atoms with Crippen molar-refractivity contribution >= 4 is 5.91 Å². The summed E-state index contributed by atoms with van der Waals surface area (Å²) in [6, 6.07) is 4.79. The van der Waals surface area contributed by atoms with Crippen LogP contribution in [-0.4, -0.2) is 59.5 Å². The molecule has 1 N–H and O–H groups in total. The number of rotatable bonds is 10. The summed E-state index contributed by atoms with van der Waals surface area (Å²) in [6.07, 6.45) is 11.8. The summed E-state index contributed by atoms with van der Waals surface area (Å²) < 4.78 is 0. The Morgan fingerprint density at radius 3 is 3.00 bits per heavy atom. The second-order valence-corrected chi connectivity index (χ2v) is 9.61. The van der Waals surface area contributed by atoms with Crippen molar-refractivity contribution in [3.8, 4) is 0 Å². The number of carbonyl (C=O) groups is 1. The first-order chi connectivity index (χ1) is 14.2. The van der Waals surface area contributed by atoms with Crippen LogP contribution in [0.15, 0.2) is 24.5 Å². The first-order valence-corrected chi connectivity index (χ1v) is 11.8. The van der Waals surface area contributed by atoms with Crippen molar-refractivity contribution < 1.29 is 4.79 Å². The maximum atomic E-state index is 12.7. The quantitative estimate of drug-likeness (QED) is 0.657. The average molecular weight is 399 g/mol. The van der Waals surface area contributed by atoms with Crippen LogP contribution in [-0.2, 0) is 11.3 Å². The Labute approximate surface area is 176 Å². The molecule has 0 aromatic carbocycles. The van der Waals surface area contributed by atoms with Gasteiger partial charge in [0.2, 0.25) is 5.91 Å². The van der Waals surface area contributed by atoms with Gasteiger partial charge in [-0.3, -0.25) is 14.7 Å². The predicted octanol–water partition coefficient (Wildman–Crippen LogP) is 3.31. The van der Waals surface area contributed by atoms with Crippen molar-refractivity contribution in [1.29, 1.82) is 0 Å². The zero-order valence-corrected chi connectivity index (χ0v) is 18.1. The Kier molecular flexibility index (Phi) is 7.20. The lowest BCUT2D eigenvalue weighted by atomic mass is 9.79. The minimum atomic E-state index is 0.384. The molecule has 3 fully saturated rings. The van der Waals surface area contributed by atoms with E-state index in [0.717, 1.165) is 63.7 Å². The van der Waals surface area contributed by atoms with Crippen LogP contribution in [0.4, 0.5) is 0 Å². The highest BCUT2D eigenvalue weighted by atomic mass is 16.2. The van der Waals surface area contributed by atoms with Gasteiger partial charge < -0.3 is 10.2 Å². The lowest BCUT2D eigenvalue weighted by molar-refractivity contribution is -0.131. The fraction of sp³-hybridized carbons (Fsp3) is 0.750. The average Bonchev–Trinajstić information content (AvgIpc) is 3.54. The van der Waals surface area contributed by atoms with Gasteiger partial charge in [0.05, 0.1) is 0 Å². The number of amides is 1. The summed E-state index contributed by atoms with van der Waals surface area (Å²) in [7, 11) is 0. The summed E-state index contributed by atoms with van der Waals surface area (Å²) >= 11 is 0. The number of nitrogens with zero attached hydrogens (tertiary/aromatic N) is 3. The van der Waals surface area contributed by atoms with Gasteiger partial charge in [-0.1, -0.05) is 13.0 Å². The van der Waals surface area contributed by atoms with Crippen molar-refractivity contribution in [2.45, 2.75) is 64.5 Å². The minimum Gasteiger partial charge on any atom is -0.342 e. The molecule has 4 rings (SSSR count). The molecule has 1 amide bonds. The second kappa shape index (κ2) is 10.0. The highest BCUT2D eigenvalue weighted by Gasteiger charge is 2.36. The number of fused-ring (bicyclic) bond motifs is 2. The normalized spacial score (nSPS) is 27.0. The van der Waals surface area contributed by atoms with Gasteiger partial charge in [0, 0.05) is 57.6 Å². The zero-order valence-electron chi connectivity index (χ0n) is 18.1. The number of hydrogen-bond acceptors (Lipinski definition) is 4. The van der Waals surface area contributed by atoms with Crippen LogP contribution in [0, 0.1) is 17.8 Å². The molecule has 3 atom stereocenters. The van der Waals surface area contributed by atoms with Crippen LogP contribution in [0.3, 0.4) is 0 Å². The minimum absolute atomic E-state index is 0.384. The van der Waals surface area contributed by atoms with E-state index in [-0.39, 0.29) is 0 Å². The number of likely N-dealkylation sites (tertiary alicyclic amines) is 1. The summed E-state index contributed by atoms with van der Waals surface area (Å²) in [5.74, 6) is 2.65. The Morgan fingerprint density at radius 2 is 2.24 bits per heavy atom. The van der Waals surface area contributed by atoms with E-state index in [2.05, 4.69) is 33.1 Å². The van der Waals surface area contributed by atoms with Crippen LogP contribution >= 0.6 is 0 Å². The Hall–Kier alpha value is -1.46. The van der Waals surface area contributed by atoms with E-state index in [1.54, 1.807) is 0 Å². The number of carbonyl (C=O) groups excluding carboxylic acids is 1. The van der Waals surface area contributed by atoms with Crippen molar-refractivity contribution in [3.05, 3.63) is 30.1 Å². The third kappa shape index (κ3) is 6.02. The van der Waals surface area contributed by atoms with E-state index < -0.39 is 0 Å². The highest BCUT2D eigenvalue weighted by molar-refractivity contribution is 5.76. The van der Waals surface area contributed by atoms with Gasteiger partial charge in [-0.2, -0.15) is 0 Å². The standard InChI is InChI=1S/C24H38N4O/c1-2-11-28(17-19-8-9-19)24(29)7-3-6-23-22-12-21(14-26-23)16-27(18-22)15-20-5-4-10-25-13-20/h4-5,10,13,19,21-23,26H,2-3,6-9,11-12,14-18H2,1H3/t21?,22?,23-/m1/s1. The van der Waals surface area contributed by atoms with Crippen LogP contribution in [0.25, 0.3) is 0 Å². The molecule has 3 heterocycles. The molecular weight excluding hydrogens is 360 g/mol. The fourth-order valence-corrected chi connectivity index (χ4v) is 5.32. The summed E-state index contributed by atoms with van der Waals surface area (Å²) in [5.41, 5.74) is 1.31. The second-order valence-electron chi connectivity index (χ2n) is 9.61. The SMILES string of the molecule is CCCN(CC1CC1)C(=O)CCC[C@H]1NCC2CC1CN(Cc1cccnc1)C2. The maximum absolute atomic E-state index is 12.7. The third-order valence-electron chi connectivity index (χ3n) is 6.94. The molecule has 160 valence electrons. The van der Waals surface area contributed by atoms with Crippen molar-refractivity contribution in [1.82, 2.24) is 20.1 Å². The molecule has 2 saturated heterocycles. The number of hydrogen-bond donors (Lipinski definition) is 1. The van der Waals surface area contributed by atoms with E-state index in [1.807, 2.05) is 18.5 Å². The van der Waals surface area contributed by atoms with Crippen LogP contribution < -0.4 is 5.32 Å². The lowest BCUT2D eigenvalue weighted by Crippen LogP contribution is -2.55. The first-order valence-electron chi connectivity index (χ1n) is 11.8. The van der Waals surface area contributed by atoms with Crippen molar-refractivity contribution in [3.63, 3.8) is 0 Å². The van der Waals surface area contributed by atoms with Gasteiger partial charge in [0.25, 0.3) is 0 Å². The predicted molar refractivity (Wildman–Crippen MR) is 116 cm³/mol. The molecule has 2 bridgehead atoms. The highest BCUT2D eigenvalue weighted by Crippen LogP contribution is 2.32. The molecule has 1 aliphatic carbocycles. The Morgan fingerprint density at radius 1 is 1.34 bits per heavy atom. The molecule has 0 spiro atoms. The molecule has 0 radical (unpaired) electrons. The number of aromatic nitrogens is 1. The number of piperidine rings is 2. The number of pyridine rings is 1. The largest absolute Gasteiger partial charge is 0.342 e. The molecule has 29 heavy (non-hydrogen) atoms. The third-order valence-corrected chi connectivity index (χ3v) is 6.94. The maximum Gasteiger partial charge on any atom is 0.222 e. The fourth-order valence-electron chi connectivity index (χ4n) is 5.32. The van der Waals surface area contributed by atoms with Gasteiger partial charge in [0.1, 0.15) is 0 Å². The smallest absolute Gasteiger partial charge is 0.222 e. The first kappa shape index (κ1) is 20.8. The van der Waals surface area contributed by atoms with Gasteiger partial charge in [-0.05, 0) is 74.5 Å². The summed E-state index contributed by atoms with van der Waals surface area (Å²) in [5, 5.41) is 3.81. The monoisotopic (exact) mass is 398 g/mol. The van der Waals surface area contributed by atoms with E-state index in [1.165, 1.54) is 37.9 Å². The Balaban J connectivity index is 1.23. The van der Waals surface area contributed by atoms with Crippen LogP contribution in [0.1, 0.15) is 57.4 Å². The topological polar surface area (TPSA) is 48.5 Å². The van der Waals surface area contributed by atoms with Crippen molar-refractivity contribution in [2.24, 2.45) is 17.8 Å². The molecule has 2 aliphatic heterocycles. The van der Waals surface area contributed by atoms with Crippen molar-refractivity contribution in [2.75, 3.05) is 32.7 Å². The van der Waals surface area contributed by atoms with Crippen LogP contribution in [0.5, 0.6) is 0 Å². The molecule has 2 unspecified atom stereocenters. The molecule has 3 aliphatic rings. The van der Waals surface area contributed by atoms with E-state index in [4.69, 9.17) is 0 Å². The van der Waals surface area contributed by atoms with Gasteiger partial charge in [0.15, 0.2) is 0 Å². The lowest BCUT2D eigenvalue weighted by Gasteiger charge is -2.46.